The maximum atomic E-state index is 11.9. The van der Waals surface area contributed by atoms with Crippen molar-refractivity contribution in [3.8, 4) is 10.4 Å². The van der Waals surface area contributed by atoms with E-state index in [2.05, 4.69) is 48.6 Å². The number of benzene rings is 1. The molecule has 0 aliphatic carbocycles. The molecule has 0 radical (unpaired) electrons. The molecular weight excluding hydrogens is 336 g/mol. The molecule has 0 aliphatic heterocycles. The van der Waals surface area contributed by atoms with E-state index >= 15 is 0 Å². The summed E-state index contributed by atoms with van der Waals surface area (Å²) in [5.74, 6) is -1.31. The summed E-state index contributed by atoms with van der Waals surface area (Å²) in [6.45, 7) is 6.62. The van der Waals surface area contributed by atoms with Crippen molar-refractivity contribution in [2.24, 2.45) is 0 Å². The molecule has 0 saturated carbocycles. The van der Waals surface area contributed by atoms with Crippen LogP contribution in [0.2, 0.25) is 0 Å². The lowest BCUT2D eigenvalue weighted by atomic mass is 10.1. The van der Waals surface area contributed by atoms with E-state index in [1.165, 1.54) is 20.9 Å². The van der Waals surface area contributed by atoms with Crippen molar-refractivity contribution in [3.63, 3.8) is 0 Å². The standard InChI is InChI=1S/C19H24N2O3S/c1-13(2)21(12-18(22)20-10-19(23)24)11-16-8-9-17(25-16)15-6-4-14(3)5-7-15/h4-9,13H,10-12H2,1-3H3,(H,20,22)(H,23,24). The molecule has 0 unspecified atom stereocenters. The monoisotopic (exact) mass is 360 g/mol. The van der Waals surface area contributed by atoms with Crippen LogP contribution in [0.1, 0.15) is 24.3 Å². The molecule has 134 valence electrons. The largest absolute Gasteiger partial charge is 0.480 e. The molecule has 6 heteroatoms. The molecule has 1 aromatic heterocycles. The van der Waals surface area contributed by atoms with Crippen LogP contribution in [0, 0.1) is 6.92 Å². The summed E-state index contributed by atoms with van der Waals surface area (Å²) in [7, 11) is 0. The Morgan fingerprint density at radius 1 is 1.16 bits per heavy atom. The zero-order chi connectivity index (χ0) is 18.4. The molecule has 0 fully saturated rings. The normalized spacial score (nSPS) is 11.1. The number of aryl methyl sites for hydroxylation is 1. The van der Waals surface area contributed by atoms with Gasteiger partial charge in [0, 0.05) is 22.3 Å². The van der Waals surface area contributed by atoms with E-state index < -0.39 is 5.97 Å². The first kappa shape index (κ1) is 19.1. The van der Waals surface area contributed by atoms with E-state index in [4.69, 9.17) is 5.11 Å². The van der Waals surface area contributed by atoms with Crippen molar-refractivity contribution in [2.45, 2.75) is 33.4 Å². The summed E-state index contributed by atoms with van der Waals surface area (Å²) in [6.07, 6.45) is 0. The van der Waals surface area contributed by atoms with E-state index in [0.29, 0.717) is 6.54 Å². The number of aliphatic carboxylic acids is 1. The Kier molecular flexibility index (Phi) is 6.73. The number of carboxylic acid groups (broad SMARTS) is 1. The van der Waals surface area contributed by atoms with Crippen LogP contribution in [-0.2, 0) is 16.1 Å². The average Bonchev–Trinajstić information content (AvgIpc) is 3.01. The minimum absolute atomic E-state index is 0.181. The van der Waals surface area contributed by atoms with Crippen LogP contribution in [0.5, 0.6) is 0 Å². The Balaban J connectivity index is 2.01. The van der Waals surface area contributed by atoms with Gasteiger partial charge in [0.25, 0.3) is 0 Å². The predicted octanol–water partition coefficient (Wildman–Crippen LogP) is 3.13. The van der Waals surface area contributed by atoms with Crippen LogP contribution in [0.3, 0.4) is 0 Å². The van der Waals surface area contributed by atoms with Crippen LogP contribution in [0.25, 0.3) is 10.4 Å². The summed E-state index contributed by atoms with van der Waals surface area (Å²) >= 11 is 1.72. The van der Waals surface area contributed by atoms with Gasteiger partial charge in [0.15, 0.2) is 0 Å². The average molecular weight is 360 g/mol. The van der Waals surface area contributed by atoms with Crippen molar-refractivity contribution in [3.05, 3.63) is 46.8 Å². The molecule has 25 heavy (non-hydrogen) atoms. The predicted molar refractivity (Wildman–Crippen MR) is 101 cm³/mol. The lowest BCUT2D eigenvalue weighted by Gasteiger charge is -2.25. The highest BCUT2D eigenvalue weighted by atomic mass is 32.1. The highest BCUT2D eigenvalue weighted by Gasteiger charge is 2.16. The first-order valence-electron chi connectivity index (χ1n) is 8.23. The van der Waals surface area contributed by atoms with Crippen LogP contribution in [0.15, 0.2) is 36.4 Å². The number of hydrogen-bond donors (Lipinski definition) is 2. The van der Waals surface area contributed by atoms with Gasteiger partial charge >= 0.3 is 5.97 Å². The molecule has 0 saturated heterocycles. The number of thiophene rings is 1. The number of carbonyl (C=O) groups is 2. The molecule has 1 heterocycles. The Morgan fingerprint density at radius 2 is 1.84 bits per heavy atom. The van der Waals surface area contributed by atoms with Crippen molar-refractivity contribution in [1.82, 2.24) is 10.2 Å². The molecule has 0 atom stereocenters. The number of carboxylic acids is 1. The third-order valence-electron chi connectivity index (χ3n) is 3.87. The third kappa shape index (κ3) is 5.99. The minimum Gasteiger partial charge on any atom is -0.480 e. The Morgan fingerprint density at radius 3 is 2.44 bits per heavy atom. The van der Waals surface area contributed by atoms with Gasteiger partial charge in [-0.2, -0.15) is 0 Å². The Labute approximate surface area is 152 Å². The minimum atomic E-state index is -1.04. The van der Waals surface area contributed by atoms with Crippen molar-refractivity contribution >= 4 is 23.2 Å². The van der Waals surface area contributed by atoms with Crippen molar-refractivity contribution in [1.29, 1.82) is 0 Å². The fraction of sp³-hybridized carbons (Fsp3) is 0.368. The van der Waals surface area contributed by atoms with Crippen LogP contribution < -0.4 is 5.32 Å². The number of hydrogen-bond acceptors (Lipinski definition) is 4. The van der Waals surface area contributed by atoms with Gasteiger partial charge in [-0.1, -0.05) is 29.8 Å². The van der Waals surface area contributed by atoms with Gasteiger partial charge < -0.3 is 10.4 Å². The van der Waals surface area contributed by atoms with E-state index in [0.717, 1.165) is 0 Å². The van der Waals surface area contributed by atoms with E-state index in [1.807, 2.05) is 18.7 Å². The van der Waals surface area contributed by atoms with Crippen molar-refractivity contribution in [2.75, 3.05) is 13.1 Å². The highest BCUT2D eigenvalue weighted by Crippen LogP contribution is 2.29. The molecule has 2 N–H and O–H groups in total. The molecular formula is C19H24N2O3S. The number of carbonyl (C=O) groups excluding carboxylic acids is 1. The maximum Gasteiger partial charge on any atom is 0.322 e. The summed E-state index contributed by atoms with van der Waals surface area (Å²) in [5, 5.41) is 11.1. The van der Waals surface area contributed by atoms with Crippen molar-refractivity contribution < 1.29 is 14.7 Å². The van der Waals surface area contributed by atoms with Gasteiger partial charge in [-0.25, -0.2) is 0 Å². The fourth-order valence-corrected chi connectivity index (χ4v) is 3.41. The van der Waals surface area contributed by atoms with Crippen LogP contribution in [-0.4, -0.2) is 41.0 Å². The van der Waals surface area contributed by atoms with Crippen LogP contribution in [0.4, 0.5) is 0 Å². The van der Waals surface area contributed by atoms with E-state index in [-0.39, 0.29) is 25.0 Å². The highest BCUT2D eigenvalue weighted by molar-refractivity contribution is 7.15. The molecule has 1 aromatic carbocycles. The fourth-order valence-electron chi connectivity index (χ4n) is 2.37. The van der Waals surface area contributed by atoms with Gasteiger partial charge in [0.1, 0.15) is 6.54 Å². The Hall–Kier alpha value is -2.18. The SMILES string of the molecule is Cc1ccc(-c2ccc(CN(CC(=O)NCC(=O)O)C(C)C)s2)cc1. The summed E-state index contributed by atoms with van der Waals surface area (Å²) in [4.78, 5) is 26.9. The van der Waals surface area contributed by atoms with Gasteiger partial charge in [0.05, 0.1) is 6.54 Å². The second kappa shape index (κ2) is 8.78. The summed E-state index contributed by atoms with van der Waals surface area (Å²) in [6, 6.07) is 12.8. The quantitative estimate of drug-likeness (QED) is 0.759. The van der Waals surface area contributed by atoms with Crippen LogP contribution >= 0.6 is 11.3 Å². The number of amides is 1. The van der Waals surface area contributed by atoms with Gasteiger partial charge in [-0.15, -0.1) is 11.3 Å². The second-order valence-electron chi connectivity index (χ2n) is 6.30. The summed E-state index contributed by atoms with van der Waals surface area (Å²) < 4.78 is 0. The lowest BCUT2D eigenvalue weighted by molar-refractivity contribution is -0.138. The number of nitrogens with zero attached hydrogens (tertiary/aromatic N) is 1. The zero-order valence-corrected chi connectivity index (χ0v) is 15.6. The number of nitrogens with one attached hydrogen (secondary N) is 1. The molecule has 0 spiro atoms. The molecule has 0 aliphatic rings. The molecule has 5 nitrogen and oxygen atoms in total. The second-order valence-corrected chi connectivity index (χ2v) is 7.47. The molecule has 1 amide bonds. The first-order chi connectivity index (χ1) is 11.8. The third-order valence-corrected chi connectivity index (χ3v) is 4.99. The molecule has 2 rings (SSSR count). The number of rotatable bonds is 8. The summed E-state index contributed by atoms with van der Waals surface area (Å²) in [5.41, 5.74) is 2.43. The lowest BCUT2D eigenvalue weighted by Crippen LogP contribution is -2.41. The van der Waals surface area contributed by atoms with E-state index in [1.54, 1.807) is 11.3 Å². The molecule has 0 bridgehead atoms. The maximum absolute atomic E-state index is 11.9. The Bertz CT molecular complexity index is 723. The zero-order valence-electron chi connectivity index (χ0n) is 14.8. The first-order valence-corrected chi connectivity index (χ1v) is 9.05. The molecule has 2 aromatic rings. The smallest absolute Gasteiger partial charge is 0.322 e. The van der Waals surface area contributed by atoms with Gasteiger partial charge in [-0.3, -0.25) is 14.5 Å². The van der Waals surface area contributed by atoms with Gasteiger partial charge in [-0.05, 0) is 38.5 Å². The van der Waals surface area contributed by atoms with Gasteiger partial charge in [0.2, 0.25) is 5.91 Å². The topological polar surface area (TPSA) is 69.6 Å². The van der Waals surface area contributed by atoms with E-state index in [9.17, 15) is 9.59 Å².